The van der Waals surface area contributed by atoms with Crippen molar-refractivity contribution in [3.8, 4) is 0 Å². The van der Waals surface area contributed by atoms with Crippen molar-refractivity contribution in [2.45, 2.75) is 63.5 Å². The number of carbonyl (C=O) groups is 1. The molecule has 0 spiro atoms. The molecule has 0 radical (unpaired) electrons. The number of hydrogen-bond acceptors (Lipinski definition) is 3. The van der Waals surface area contributed by atoms with Crippen LogP contribution in [0.4, 0.5) is 5.69 Å². The Labute approximate surface area is 138 Å². The van der Waals surface area contributed by atoms with Crippen LogP contribution in [-0.4, -0.2) is 34.6 Å². The zero-order chi connectivity index (χ0) is 16.1. The lowest BCUT2D eigenvalue weighted by atomic mass is 9.97. The first kappa shape index (κ1) is 16.5. The molecular formula is C19H28N2O2. The van der Waals surface area contributed by atoms with E-state index in [-0.39, 0.29) is 12.3 Å². The third-order valence-electron chi connectivity index (χ3n) is 5.09. The zero-order valence-electron chi connectivity index (χ0n) is 13.9. The minimum absolute atomic E-state index is 0.0791. The molecule has 1 aliphatic carbocycles. The average molecular weight is 316 g/mol. The van der Waals surface area contributed by atoms with Crippen LogP contribution in [0.5, 0.6) is 0 Å². The monoisotopic (exact) mass is 316 g/mol. The van der Waals surface area contributed by atoms with Crippen molar-refractivity contribution in [3.05, 3.63) is 29.8 Å². The maximum atomic E-state index is 12.2. The topological polar surface area (TPSA) is 52.6 Å². The van der Waals surface area contributed by atoms with Gasteiger partial charge in [0.1, 0.15) is 0 Å². The van der Waals surface area contributed by atoms with Crippen molar-refractivity contribution >= 4 is 11.6 Å². The Kier molecular flexibility index (Phi) is 5.34. The number of hydrogen-bond donors (Lipinski definition) is 2. The van der Waals surface area contributed by atoms with Gasteiger partial charge in [0, 0.05) is 12.2 Å². The summed E-state index contributed by atoms with van der Waals surface area (Å²) in [5.74, 6) is -0.0791. The Morgan fingerprint density at radius 3 is 2.61 bits per heavy atom. The lowest BCUT2D eigenvalue weighted by Gasteiger charge is -2.26. The van der Waals surface area contributed by atoms with Gasteiger partial charge in [-0.25, -0.2) is 0 Å². The van der Waals surface area contributed by atoms with Crippen LogP contribution in [-0.2, 0) is 11.3 Å². The summed E-state index contributed by atoms with van der Waals surface area (Å²) in [7, 11) is 0. The molecule has 1 amide bonds. The minimum atomic E-state index is -0.782. The molecule has 1 heterocycles. The molecule has 4 heteroatoms. The third-order valence-corrected chi connectivity index (χ3v) is 5.09. The van der Waals surface area contributed by atoms with E-state index in [1.807, 2.05) is 12.1 Å². The molecule has 1 aliphatic heterocycles. The van der Waals surface area contributed by atoms with Gasteiger partial charge >= 0.3 is 0 Å². The second kappa shape index (κ2) is 7.45. The molecule has 126 valence electrons. The summed E-state index contributed by atoms with van der Waals surface area (Å²) in [5, 5.41) is 13.3. The lowest BCUT2D eigenvalue weighted by Crippen LogP contribution is -2.31. The lowest BCUT2D eigenvalue weighted by molar-refractivity contribution is -0.120. The number of carbonyl (C=O) groups excluding carboxylic acids is 1. The maximum absolute atomic E-state index is 12.2. The van der Waals surface area contributed by atoms with Crippen molar-refractivity contribution in [1.82, 2.24) is 4.90 Å². The van der Waals surface area contributed by atoms with Crippen LogP contribution in [0.1, 0.15) is 56.9 Å². The fourth-order valence-electron chi connectivity index (χ4n) is 3.84. The first-order valence-corrected chi connectivity index (χ1v) is 8.97. The van der Waals surface area contributed by atoms with Crippen LogP contribution >= 0.6 is 0 Å². The molecule has 2 aliphatic rings. The van der Waals surface area contributed by atoms with Crippen molar-refractivity contribution < 1.29 is 9.90 Å². The highest BCUT2D eigenvalue weighted by molar-refractivity contribution is 5.91. The number of piperidine rings is 1. The minimum Gasteiger partial charge on any atom is -0.389 e. The number of rotatable bonds is 5. The van der Waals surface area contributed by atoms with Gasteiger partial charge in [-0.05, 0) is 56.5 Å². The average Bonchev–Trinajstić information content (AvgIpc) is 2.94. The Bertz CT molecular complexity index is 532. The summed E-state index contributed by atoms with van der Waals surface area (Å²) < 4.78 is 0. The number of benzene rings is 1. The van der Waals surface area contributed by atoms with Crippen molar-refractivity contribution in [3.63, 3.8) is 0 Å². The molecule has 2 N–H and O–H groups in total. The van der Waals surface area contributed by atoms with Crippen LogP contribution in [0, 0.1) is 0 Å². The standard InChI is InChI=1S/C19H28N2O2/c22-18(14-19(23)9-2-3-10-19)20-17-8-6-7-16(13-17)15-21-11-4-1-5-12-21/h6-8,13,23H,1-5,9-12,14-15H2,(H,20,22). The molecule has 2 fully saturated rings. The van der Waals surface area contributed by atoms with E-state index in [1.165, 1.54) is 37.9 Å². The molecule has 3 rings (SSSR count). The fourth-order valence-corrected chi connectivity index (χ4v) is 3.84. The third kappa shape index (κ3) is 4.79. The summed E-state index contributed by atoms with van der Waals surface area (Å²) in [6.07, 6.45) is 7.66. The second-order valence-corrected chi connectivity index (χ2v) is 7.19. The Hall–Kier alpha value is -1.39. The molecule has 1 aromatic rings. The Balaban J connectivity index is 1.55. The first-order valence-electron chi connectivity index (χ1n) is 8.97. The van der Waals surface area contributed by atoms with E-state index in [2.05, 4.69) is 22.3 Å². The predicted molar refractivity (Wildman–Crippen MR) is 92.2 cm³/mol. The summed E-state index contributed by atoms with van der Waals surface area (Å²) in [6.45, 7) is 3.29. The van der Waals surface area contributed by atoms with Crippen LogP contribution in [0.3, 0.4) is 0 Å². The molecule has 0 atom stereocenters. The predicted octanol–water partition coefficient (Wildman–Crippen LogP) is 3.31. The number of nitrogens with zero attached hydrogens (tertiary/aromatic N) is 1. The zero-order valence-corrected chi connectivity index (χ0v) is 13.9. The SMILES string of the molecule is O=C(CC1(O)CCCC1)Nc1cccc(CN2CCCCC2)c1. The molecule has 23 heavy (non-hydrogen) atoms. The van der Waals surface area contributed by atoms with Gasteiger partial charge in [-0.15, -0.1) is 0 Å². The largest absolute Gasteiger partial charge is 0.389 e. The van der Waals surface area contributed by atoms with Gasteiger partial charge < -0.3 is 10.4 Å². The highest BCUT2D eigenvalue weighted by atomic mass is 16.3. The van der Waals surface area contributed by atoms with Gasteiger partial charge in [0.25, 0.3) is 0 Å². The van der Waals surface area contributed by atoms with Gasteiger partial charge in [-0.2, -0.15) is 0 Å². The van der Waals surface area contributed by atoms with E-state index in [4.69, 9.17) is 0 Å². The van der Waals surface area contributed by atoms with Crippen LogP contribution in [0.15, 0.2) is 24.3 Å². The molecule has 1 saturated heterocycles. The Morgan fingerprint density at radius 2 is 1.87 bits per heavy atom. The van der Waals surface area contributed by atoms with E-state index in [0.29, 0.717) is 0 Å². The van der Waals surface area contributed by atoms with Gasteiger partial charge in [0.05, 0.1) is 12.0 Å². The van der Waals surface area contributed by atoms with Crippen molar-refractivity contribution in [1.29, 1.82) is 0 Å². The summed E-state index contributed by atoms with van der Waals surface area (Å²) in [4.78, 5) is 14.7. The summed E-state index contributed by atoms with van der Waals surface area (Å²) in [5.41, 5.74) is 1.30. The number of anilines is 1. The van der Waals surface area contributed by atoms with Crippen LogP contribution in [0.25, 0.3) is 0 Å². The molecule has 4 nitrogen and oxygen atoms in total. The number of amides is 1. The highest BCUT2D eigenvalue weighted by Gasteiger charge is 2.33. The fraction of sp³-hybridized carbons (Fsp3) is 0.632. The van der Waals surface area contributed by atoms with Crippen molar-refractivity contribution in [2.24, 2.45) is 0 Å². The number of aliphatic hydroxyl groups is 1. The van der Waals surface area contributed by atoms with Gasteiger partial charge in [0.15, 0.2) is 0 Å². The first-order chi connectivity index (χ1) is 11.1. The van der Waals surface area contributed by atoms with Crippen LogP contribution in [0.2, 0.25) is 0 Å². The van der Waals surface area contributed by atoms with Gasteiger partial charge in [-0.1, -0.05) is 31.4 Å². The van der Waals surface area contributed by atoms with E-state index in [1.54, 1.807) is 0 Å². The number of nitrogens with one attached hydrogen (secondary N) is 1. The van der Waals surface area contributed by atoms with Crippen molar-refractivity contribution in [2.75, 3.05) is 18.4 Å². The van der Waals surface area contributed by atoms with Gasteiger partial charge in [-0.3, -0.25) is 9.69 Å². The molecule has 0 unspecified atom stereocenters. The van der Waals surface area contributed by atoms with E-state index in [0.717, 1.165) is 37.9 Å². The molecule has 0 bridgehead atoms. The van der Waals surface area contributed by atoms with Crippen LogP contribution < -0.4 is 5.32 Å². The smallest absolute Gasteiger partial charge is 0.227 e. The van der Waals surface area contributed by atoms with E-state index in [9.17, 15) is 9.90 Å². The normalized spacial score (nSPS) is 21.3. The molecule has 1 aromatic carbocycles. The highest BCUT2D eigenvalue weighted by Crippen LogP contribution is 2.32. The Morgan fingerprint density at radius 1 is 1.13 bits per heavy atom. The van der Waals surface area contributed by atoms with E-state index >= 15 is 0 Å². The molecule has 1 saturated carbocycles. The maximum Gasteiger partial charge on any atom is 0.227 e. The summed E-state index contributed by atoms with van der Waals surface area (Å²) >= 11 is 0. The molecule has 0 aromatic heterocycles. The second-order valence-electron chi connectivity index (χ2n) is 7.19. The summed E-state index contributed by atoms with van der Waals surface area (Å²) in [6, 6.07) is 8.11. The number of likely N-dealkylation sites (tertiary alicyclic amines) is 1. The van der Waals surface area contributed by atoms with E-state index < -0.39 is 5.60 Å². The quantitative estimate of drug-likeness (QED) is 0.876. The van der Waals surface area contributed by atoms with Gasteiger partial charge in [0.2, 0.25) is 5.91 Å². The molecular weight excluding hydrogens is 288 g/mol.